The number of nitrogens with zero attached hydrogens (tertiary/aromatic N) is 3. The van der Waals surface area contributed by atoms with Gasteiger partial charge in [0.25, 0.3) is 0 Å². The van der Waals surface area contributed by atoms with Gasteiger partial charge >= 0.3 is 0 Å². The van der Waals surface area contributed by atoms with Crippen LogP contribution in [0.25, 0.3) is 0 Å². The fourth-order valence-corrected chi connectivity index (χ4v) is 1.63. The van der Waals surface area contributed by atoms with Crippen molar-refractivity contribution in [1.82, 2.24) is 9.97 Å². The summed E-state index contributed by atoms with van der Waals surface area (Å²) >= 11 is 1.60. The van der Waals surface area contributed by atoms with E-state index in [1.165, 1.54) is 0 Å². The van der Waals surface area contributed by atoms with Crippen LogP contribution in [0, 0.1) is 0 Å². The molecule has 0 aromatic carbocycles. The fraction of sp³-hybridized carbons (Fsp3) is 0.500. The summed E-state index contributed by atoms with van der Waals surface area (Å²) in [6.45, 7) is 1.37. The molecule has 0 aliphatic carbocycles. The molecule has 4 nitrogen and oxygen atoms in total. The number of anilines is 1. The number of aliphatic hydroxyl groups excluding tert-OH is 1. The van der Waals surface area contributed by atoms with Crippen LogP contribution < -0.4 is 4.90 Å². The average Bonchev–Trinajstić information content (AvgIpc) is 2.13. The number of hydrogen-bond acceptors (Lipinski definition) is 5. The Balaban J connectivity index is 2.12. The van der Waals surface area contributed by atoms with Gasteiger partial charge in [0.15, 0.2) is 0 Å². The van der Waals surface area contributed by atoms with E-state index in [-0.39, 0.29) is 6.10 Å². The summed E-state index contributed by atoms with van der Waals surface area (Å²) in [4.78, 5) is 10.2. The maximum atomic E-state index is 9.12. The molecule has 1 aliphatic rings. The first-order valence-electron chi connectivity index (χ1n) is 4.08. The van der Waals surface area contributed by atoms with E-state index in [9.17, 15) is 0 Å². The van der Waals surface area contributed by atoms with E-state index in [4.69, 9.17) is 5.11 Å². The Hall–Kier alpha value is -0.810. The second-order valence-electron chi connectivity index (χ2n) is 2.98. The van der Waals surface area contributed by atoms with Crippen LogP contribution in [0.4, 0.5) is 5.82 Å². The average molecular weight is 197 g/mol. The Kier molecular flexibility index (Phi) is 2.37. The van der Waals surface area contributed by atoms with Crippen molar-refractivity contribution in [1.29, 1.82) is 0 Å². The van der Waals surface area contributed by atoms with Crippen molar-refractivity contribution >= 4 is 17.6 Å². The van der Waals surface area contributed by atoms with Crippen molar-refractivity contribution in [3.8, 4) is 0 Å². The van der Waals surface area contributed by atoms with Crippen molar-refractivity contribution in [2.75, 3.05) is 24.2 Å². The van der Waals surface area contributed by atoms with Gasteiger partial charge in [-0.2, -0.15) is 0 Å². The maximum absolute atomic E-state index is 9.12. The lowest BCUT2D eigenvalue weighted by molar-refractivity contribution is 0.141. The van der Waals surface area contributed by atoms with Gasteiger partial charge in [0, 0.05) is 19.2 Å². The molecule has 2 rings (SSSR count). The molecule has 0 saturated carbocycles. The molecule has 1 fully saturated rings. The SMILES string of the molecule is CSc1cc(N2CC(O)C2)ncn1. The van der Waals surface area contributed by atoms with Crippen molar-refractivity contribution < 1.29 is 5.11 Å². The summed E-state index contributed by atoms with van der Waals surface area (Å²) in [5.41, 5.74) is 0. The van der Waals surface area contributed by atoms with Gasteiger partial charge < -0.3 is 10.0 Å². The smallest absolute Gasteiger partial charge is 0.133 e. The van der Waals surface area contributed by atoms with Gasteiger partial charge in [0.2, 0.25) is 0 Å². The van der Waals surface area contributed by atoms with Gasteiger partial charge in [-0.3, -0.25) is 0 Å². The van der Waals surface area contributed by atoms with Gasteiger partial charge in [0.05, 0.1) is 6.10 Å². The molecular formula is C8H11N3OS. The van der Waals surface area contributed by atoms with Gasteiger partial charge in [0.1, 0.15) is 17.2 Å². The lowest BCUT2D eigenvalue weighted by Gasteiger charge is -2.36. The second kappa shape index (κ2) is 3.51. The normalized spacial score (nSPS) is 17.2. The number of hydrogen-bond donors (Lipinski definition) is 1. The van der Waals surface area contributed by atoms with Gasteiger partial charge in [-0.05, 0) is 6.26 Å². The van der Waals surface area contributed by atoms with Gasteiger partial charge in [-0.15, -0.1) is 11.8 Å². The summed E-state index contributed by atoms with van der Waals surface area (Å²) in [5, 5.41) is 10.1. The Morgan fingerprint density at radius 2 is 2.31 bits per heavy atom. The first-order valence-corrected chi connectivity index (χ1v) is 5.31. The third-order valence-electron chi connectivity index (χ3n) is 2.02. The zero-order valence-electron chi connectivity index (χ0n) is 7.34. The van der Waals surface area contributed by atoms with E-state index in [0.29, 0.717) is 13.1 Å². The van der Waals surface area contributed by atoms with Crippen LogP contribution >= 0.6 is 11.8 Å². The predicted molar refractivity (Wildman–Crippen MR) is 52.0 cm³/mol. The van der Waals surface area contributed by atoms with E-state index in [2.05, 4.69) is 9.97 Å². The lowest BCUT2D eigenvalue weighted by atomic mass is 10.2. The van der Waals surface area contributed by atoms with Crippen LogP contribution in [0.1, 0.15) is 0 Å². The van der Waals surface area contributed by atoms with E-state index in [0.717, 1.165) is 10.8 Å². The predicted octanol–water partition coefficient (Wildman–Crippen LogP) is 0.379. The molecule has 0 atom stereocenters. The van der Waals surface area contributed by atoms with Gasteiger partial charge in [-0.25, -0.2) is 9.97 Å². The quantitative estimate of drug-likeness (QED) is 0.548. The van der Waals surface area contributed by atoms with E-state index in [1.807, 2.05) is 17.2 Å². The molecule has 0 amide bonds. The lowest BCUT2D eigenvalue weighted by Crippen LogP contribution is -2.51. The minimum atomic E-state index is -0.187. The third-order valence-corrected chi connectivity index (χ3v) is 2.66. The summed E-state index contributed by atoms with van der Waals surface area (Å²) in [6, 6.07) is 1.94. The number of rotatable bonds is 2. The Morgan fingerprint density at radius 1 is 1.54 bits per heavy atom. The maximum Gasteiger partial charge on any atom is 0.133 e. The van der Waals surface area contributed by atoms with E-state index >= 15 is 0 Å². The summed E-state index contributed by atoms with van der Waals surface area (Å²) < 4.78 is 0. The molecule has 0 unspecified atom stereocenters. The molecule has 1 N–H and O–H groups in total. The summed E-state index contributed by atoms with van der Waals surface area (Å²) in [6.07, 6.45) is 3.36. The molecule has 5 heteroatoms. The van der Waals surface area contributed by atoms with Crippen LogP contribution in [0.2, 0.25) is 0 Å². The highest BCUT2D eigenvalue weighted by molar-refractivity contribution is 7.98. The highest BCUT2D eigenvalue weighted by Crippen LogP contribution is 2.21. The molecule has 0 radical (unpaired) electrons. The van der Waals surface area contributed by atoms with Crippen LogP contribution in [0.15, 0.2) is 17.4 Å². The molecular weight excluding hydrogens is 186 g/mol. The molecule has 1 aliphatic heterocycles. The highest BCUT2D eigenvalue weighted by atomic mass is 32.2. The Bertz CT molecular complexity index is 301. The molecule has 0 spiro atoms. The van der Waals surface area contributed by atoms with Crippen molar-refractivity contribution in [3.63, 3.8) is 0 Å². The zero-order chi connectivity index (χ0) is 9.26. The Morgan fingerprint density at radius 3 is 2.92 bits per heavy atom. The van der Waals surface area contributed by atoms with Crippen molar-refractivity contribution in [2.45, 2.75) is 11.1 Å². The van der Waals surface area contributed by atoms with Crippen LogP contribution in [-0.4, -0.2) is 40.5 Å². The molecule has 2 heterocycles. The monoisotopic (exact) mass is 197 g/mol. The van der Waals surface area contributed by atoms with E-state index in [1.54, 1.807) is 18.1 Å². The molecule has 13 heavy (non-hydrogen) atoms. The van der Waals surface area contributed by atoms with Crippen molar-refractivity contribution in [3.05, 3.63) is 12.4 Å². The molecule has 1 aromatic rings. The molecule has 1 aromatic heterocycles. The molecule has 1 saturated heterocycles. The number of β-amino-alcohol motifs (C(OH)–C–C–N with tert-alkyl or cyclic N) is 1. The summed E-state index contributed by atoms with van der Waals surface area (Å²) in [5.74, 6) is 0.907. The minimum absolute atomic E-state index is 0.187. The number of aromatic nitrogens is 2. The largest absolute Gasteiger partial charge is 0.389 e. The van der Waals surface area contributed by atoms with Crippen LogP contribution in [-0.2, 0) is 0 Å². The topological polar surface area (TPSA) is 49.2 Å². The highest BCUT2D eigenvalue weighted by Gasteiger charge is 2.25. The zero-order valence-corrected chi connectivity index (χ0v) is 8.16. The Labute approximate surface area is 81.0 Å². The molecule has 70 valence electrons. The third kappa shape index (κ3) is 1.76. The standard InChI is InChI=1S/C8H11N3OS/c1-13-8-2-7(9-5-10-8)11-3-6(12)4-11/h2,5-6,12H,3-4H2,1H3. The second-order valence-corrected chi connectivity index (χ2v) is 3.80. The minimum Gasteiger partial charge on any atom is -0.389 e. The van der Waals surface area contributed by atoms with Crippen molar-refractivity contribution in [2.24, 2.45) is 0 Å². The number of aliphatic hydroxyl groups is 1. The van der Waals surface area contributed by atoms with Crippen LogP contribution in [0.5, 0.6) is 0 Å². The first-order chi connectivity index (χ1) is 6.29. The van der Waals surface area contributed by atoms with Crippen LogP contribution in [0.3, 0.4) is 0 Å². The fourth-order valence-electron chi connectivity index (χ4n) is 1.26. The number of thioether (sulfide) groups is 1. The summed E-state index contributed by atoms with van der Waals surface area (Å²) in [7, 11) is 0. The first kappa shape index (κ1) is 8.77. The van der Waals surface area contributed by atoms with E-state index < -0.39 is 0 Å². The van der Waals surface area contributed by atoms with Gasteiger partial charge in [-0.1, -0.05) is 0 Å². The molecule has 0 bridgehead atoms.